The third-order valence-electron chi connectivity index (χ3n) is 4.95. The fourth-order valence-electron chi connectivity index (χ4n) is 3.48. The maximum absolute atomic E-state index is 12.9. The minimum absolute atomic E-state index is 0.126. The van der Waals surface area contributed by atoms with E-state index < -0.39 is 6.04 Å². The summed E-state index contributed by atoms with van der Waals surface area (Å²) in [7, 11) is 0. The van der Waals surface area contributed by atoms with Crippen molar-refractivity contribution in [1.82, 2.24) is 15.5 Å². The van der Waals surface area contributed by atoms with Crippen LogP contribution in [0.5, 0.6) is 0 Å². The second kappa shape index (κ2) is 10.6. The zero-order valence-electron chi connectivity index (χ0n) is 16.7. The molecule has 31 heavy (non-hydrogen) atoms. The third-order valence-corrected chi connectivity index (χ3v) is 5.39. The van der Waals surface area contributed by atoms with Gasteiger partial charge >= 0.3 is 0 Å². The predicted molar refractivity (Wildman–Crippen MR) is 117 cm³/mol. The van der Waals surface area contributed by atoms with Crippen LogP contribution in [0.2, 0.25) is 10.0 Å². The molecular weight excluding hydrogens is 444 g/mol. The molecule has 6 nitrogen and oxygen atoms in total. The van der Waals surface area contributed by atoms with Gasteiger partial charge in [-0.3, -0.25) is 14.4 Å². The van der Waals surface area contributed by atoms with E-state index in [-0.39, 0.29) is 43.0 Å². The first-order valence-corrected chi connectivity index (χ1v) is 10.6. The first-order chi connectivity index (χ1) is 14.8. The van der Waals surface area contributed by atoms with Gasteiger partial charge in [0.25, 0.3) is 5.91 Å². The van der Waals surface area contributed by atoms with Crippen LogP contribution in [-0.4, -0.2) is 48.3 Å². The number of amides is 3. The van der Waals surface area contributed by atoms with Gasteiger partial charge < -0.3 is 15.5 Å². The van der Waals surface area contributed by atoms with Crippen LogP contribution in [0.25, 0.3) is 0 Å². The zero-order chi connectivity index (χ0) is 22.4. The lowest BCUT2D eigenvalue weighted by molar-refractivity contribution is -0.125. The summed E-state index contributed by atoms with van der Waals surface area (Å²) in [5, 5.41) is 6.18. The Hall–Kier alpha value is -2.64. The van der Waals surface area contributed by atoms with Crippen LogP contribution in [0.15, 0.2) is 42.5 Å². The highest BCUT2D eigenvalue weighted by molar-refractivity contribution is 6.35. The van der Waals surface area contributed by atoms with E-state index in [2.05, 4.69) is 10.6 Å². The second-order valence-corrected chi connectivity index (χ2v) is 8.13. The van der Waals surface area contributed by atoms with Crippen LogP contribution in [0.3, 0.4) is 0 Å². The number of carbonyl (C=O) groups excluding carboxylic acids is 3. The van der Waals surface area contributed by atoms with Gasteiger partial charge in [0.05, 0.1) is 6.42 Å². The molecule has 0 bridgehead atoms. The van der Waals surface area contributed by atoms with Gasteiger partial charge in [0.15, 0.2) is 0 Å². The molecule has 1 aliphatic rings. The SMILES string of the molecule is O=C(Cc1ccc(F)cc1)NCCNC(=O)C1CCCN1C(=O)c1cc(Cl)cc(Cl)c1. The molecule has 1 atom stereocenters. The Labute approximate surface area is 189 Å². The average Bonchev–Trinajstić information content (AvgIpc) is 3.21. The van der Waals surface area contributed by atoms with Crippen LogP contribution >= 0.6 is 23.2 Å². The van der Waals surface area contributed by atoms with Crippen molar-refractivity contribution in [3.63, 3.8) is 0 Å². The average molecular weight is 466 g/mol. The molecule has 1 unspecified atom stereocenters. The highest BCUT2D eigenvalue weighted by Gasteiger charge is 2.34. The van der Waals surface area contributed by atoms with Crippen molar-refractivity contribution in [1.29, 1.82) is 0 Å². The number of hydrogen-bond donors (Lipinski definition) is 2. The molecule has 3 rings (SSSR count). The van der Waals surface area contributed by atoms with Gasteiger partial charge in [0, 0.05) is 35.2 Å². The molecule has 2 aromatic rings. The highest BCUT2D eigenvalue weighted by Crippen LogP contribution is 2.24. The molecule has 0 aromatic heterocycles. The monoisotopic (exact) mass is 465 g/mol. The van der Waals surface area contributed by atoms with E-state index in [4.69, 9.17) is 23.2 Å². The Morgan fingerprint density at radius 1 is 1.00 bits per heavy atom. The molecule has 0 aliphatic carbocycles. The fourth-order valence-corrected chi connectivity index (χ4v) is 4.01. The second-order valence-electron chi connectivity index (χ2n) is 7.26. The maximum atomic E-state index is 12.9. The van der Waals surface area contributed by atoms with E-state index in [0.717, 1.165) is 0 Å². The number of nitrogens with zero attached hydrogens (tertiary/aromatic N) is 1. The molecule has 0 radical (unpaired) electrons. The molecule has 3 amide bonds. The lowest BCUT2D eigenvalue weighted by atomic mass is 10.1. The minimum atomic E-state index is -0.583. The Morgan fingerprint density at radius 3 is 2.32 bits per heavy atom. The van der Waals surface area contributed by atoms with Crippen LogP contribution in [0.4, 0.5) is 4.39 Å². The van der Waals surface area contributed by atoms with Crippen molar-refractivity contribution >= 4 is 40.9 Å². The van der Waals surface area contributed by atoms with Crippen molar-refractivity contribution in [2.75, 3.05) is 19.6 Å². The molecule has 1 saturated heterocycles. The van der Waals surface area contributed by atoms with E-state index in [9.17, 15) is 18.8 Å². The number of rotatable bonds is 7. The predicted octanol–water partition coefficient (Wildman–Crippen LogP) is 3.21. The first-order valence-electron chi connectivity index (χ1n) is 9.89. The summed E-state index contributed by atoms with van der Waals surface area (Å²) >= 11 is 12.0. The summed E-state index contributed by atoms with van der Waals surface area (Å²) in [6, 6.07) is 9.71. The molecule has 1 fully saturated rings. The van der Waals surface area contributed by atoms with Crippen LogP contribution < -0.4 is 10.6 Å². The van der Waals surface area contributed by atoms with Crippen LogP contribution in [-0.2, 0) is 16.0 Å². The van der Waals surface area contributed by atoms with Crippen molar-refractivity contribution in [3.05, 3.63) is 69.5 Å². The summed E-state index contributed by atoms with van der Waals surface area (Å²) in [6.07, 6.45) is 1.40. The van der Waals surface area contributed by atoms with Gasteiger partial charge in [0.2, 0.25) is 11.8 Å². The van der Waals surface area contributed by atoms with Crippen molar-refractivity contribution in [3.8, 4) is 0 Å². The van der Waals surface area contributed by atoms with Crippen molar-refractivity contribution in [2.45, 2.75) is 25.3 Å². The smallest absolute Gasteiger partial charge is 0.254 e. The number of hydrogen-bond acceptors (Lipinski definition) is 3. The molecule has 2 aromatic carbocycles. The molecule has 0 saturated carbocycles. The van der Waals surface area contributed by atoms with E-state index in [1.807, 2.05) is 0 Å². The number of likely N-dealkylation sites (tertiary alicyclic amines) is 1. The third kappa shape index (κ3) is 6.42. The molecule has 9 heteroatoms. The highest BCUT2D eigenvalue weighted by atomic mass is 35.5. The van der Waals surface area contributed by atoms with Gasteiger partial charge in [-0.15, -0.1) is 0 Å². The fraction of sp³-hybridized carbons (Fsp3) is 0.318. The van der Waals surface area contributed by atoms with Gasteiger partial charge in [-0.1, -0.05) is 35.3 Å². The van der Waals surface area contributed by atoms with Crippen molar-refractivity contribution < 1.29 is 18.8 Å². The van der Waals surface area contributed by atoms with E-state index >= 15 is 0 Å². The summed E-state index contributed by atoms with van der Waals surface area (Å²) < 4.78 is 12.9. The Morgan fingerprint density at radius 2 is 1.65 bits per heavy atom. The molecule has 0 spiro atoms. The standard InChI is InChI=1S/C22H22Cl2FN3O3/c23-16-11-15(12-17(24)13-16)22(31)28-9-1-2-19(28)21(30)27-8-7-26-20(29)10-14-3-5-18(25)6-4-14/h3-6,11-13,19H,1-2,7-10H2,(H,26,29)(H,27,30). The topological polar surface area (TPSA) is 78.5 Å². The largest absolute Gasteiger partial charge is 0.354 e. The lowest BCUT2D eigenvalue weighted by Crippen LogP contribution is -2.47. The molecule has 2 N–H and O–H groups in total. The number of benzene rings is 2. The zero-order valence-corrected chi connectivity index (χ0v) is 18.2. The van der Waals surface area contributed by atoms with E-state index in [1.54, 1.807) is 18.2 Å². The number of halogens is 3. The van der Waals surface area contributed by atoms with Gasteiger partial charge in [-0.2, -0.15) is 0 Å². The number of nitrogens with one attached hydrogen (secondary N) is 2. The molecule has 164 valence electrons. The summed E-state index contributed by atoms with van der Waals surface area (Å²) in [5.41, 5.74) is 1.04. The van der Waals surface area contributed by atoms with Crippen molar-refractivity contribution in [2.24, 2.45) is 0 Å². The molecule has 1 heterocycles. The van der Waals surface area contributed by atoms with Crippen LogP contribution in [0.1, 0.15) is 28.8 Å². The first kappa shape index (κ1) is 23.0. The Balaban J connectivity index is 1.46. The lowest BCUT2D eigenvalue weighted by Gasteiger charge is -2.24. The van der Waals surface area contributed by atoms with E-state index in [1.165, 1.54) is 29.2 Å². The van der Waals surface area contributed by atoms with E-state index in [0.29, 0.717) is 40.6 Å². The number of carbonyl (C=O) groups is 3. The summed E-state index contributed by atoms with van der Waals surface area (Å²) in [4.78, 5) is 38.9. The molecular formula is C22H22Cl2FN3O3. The summed E-state index contributed by atoms with van der Waals surface area (Å²) in [6.45, 7) is 0.946. The van der Waals surface area contributed by atoms with Crippen LogP contribution in [0, 0.1) is 5.82 Å². The summed E-state index contributed by atoms with van der Waals surface area (Å²) in [5.74, 6) is -1.15. The van der Waals surface area contributed by atoms with Gasteiger partial charge in [-0.25, -0.2) is 4.39 Å². The minimum Gasteiger partial charge on any atom is -0.354 e. The Bertz CT molecular complexity index is 949. The Kier molecular flexibility index (Phi) is 7.87. The normalized spacial score (nSPS) is 15.6. The van der Waals surface area contributed by atoms with Gasteiger partial charge in [0.1, 0.15) is 11.9 Å². The molecule has 1 aliphatic heterocycles. The quantitative estimate of drug-likeness (QED) is 0.616. The maximum Gasteiger partial charge on any atom is 0.254 e. The van der Waals surface area contributed by atoms with Gasteiger partial charge in [-0.05, 0) is 48.7 Å².